The van der Waals surface area contributed by atoms with Crippen molar-refractivity contribution >= 4 is 0 Å². The molecule has 2 unspecified atom stereocenters. The topological polar surface area (TPSA) is 45.8 Å². The summed E-state index contributed by atoms with van der Waals surface area (Å²) < 4.78 is 10.9. The number of nitrogens with zero attached hydrogens (tertiary/aromatic N) is 1. The van der Waals surface area contributed by atoms with E-state index in [9.17, 15) is 5.11 Å². The third-order valence-electron chi connectivity index (χ3n) is 3.91. The normalized spacial score (nSPS) is 28.8. The summed E-state index contributed by atoms with van der Waals surface area (Å²) in [6.07, 6.45) is 4.81. The molecule has 4 heteroatoms. The highest BCUT2D eigenvalue weighted by Crippen LogP contribution is 2.30. The molecule has 0 bridgehead atoms. The Bertz CT molecular complexity index is 361. The largest absolute Gasteiger partial charge is 0.468 e. The molecule has 1 N–H and O–H groups in total. The zero-order valence-corrected chi connectivity index (χ0v) is 10.6. The van der Waals surface area contributed by atoms with Crippen molar-refractivity contribution in [3.8, 4) is 0 Å². The molecule has 4 nitrogen and oxygen atoms in total. The van der Waals surface area contributed by atoms with E-state index in [4.69, 9.17) is 9.15 Å². The van der Waals surface area contributed by atoms with Crippen molar-refractivity contribution in [3.05, 3.63) is 24.2 Å². The molecule has 0 aromatic carbocycles. The van der Waals surface area contributed by atoms with Crippen LogP contribution in [0.25, 0.3) is 0 Å². The molecule has 3 rings (SSSR count). The molecular weight excluding hydrogens is 230 g/mol. The molecule has 18 heavy (non-hydrogen) atoms. The lowest BCUT2D eigenvalue weighted by Crippen LogP contribution is -2.41. The maximum absolute atomic E-state index is 10.0. The molecule has 2 aliphatic rings. The minimum absolute atomic E-state index is 0.211. The molecule has 2 heterocycles. The number of aliphatic hydroxyl groups is 1. The molecule has 0 spiro atoms. The highest BCUT2D eigenvalue weighted by Gasteiger charge is 2.33. The van der Waals surface area contributed by atoms with Crippen LogP contribution in [-0.2, 0) is 11.3 Å². The summed E-state index contributed by atoms with van der Waals surface area (Å²) in [5.41, 5.74) is 0. The molecule has 1 saturated carbocycles. The molecule has 1 aromatic rings. The van der Waals surface area contributed by atoms with Gasteiger partial charge < -0.3 is 14.3 Å². The Hall–Kier alpha value is -0.840. The quantitative estimate of drug-likeness (QED) is 0.864. The van der Waals surface area contributed by atoms with Crippen LogP contribution in [0.15, 0.2) is 22.8 Å². The minimum Gasteiger partial charge on any atom is -0.468 e. The van der Waals surface area contributed by atoms with Crippen molar-refractivity contribution in [3.63, 3.8) is 0 Å². The zero-order valence-electron chi connectivity index (χ0n) is 10.6. The third-order valence-corrected chi connectivity index (χ3v) is 3.91. The predicted molar refractivity (Wildman–Crippen MR) is 67.1 cm³/mol. The lowest BCUT2D eigenvalue weighted by atomic mass is 9.98. The van der Waals surface area contributed by atoms with Gasteiger partial charge in [-0.25, -0.2) is 0 Å². The van der Waals surface area contributed by atoms with Crippen LogP contribution in [-0.4, -0.2) is 41.9 Å². The van der Waals surface area contributed by atoms with E-state index in [-0.39, 0.29) is 12.0 Å². The van der Waals surface area contributed by atoms with Crippen LogP contribution in [0, 0.1) is 5.92 Å². The number of aliphatic hydroxyl groups excluding tert-OH is 1. The van der Waals surface area contributed by atoms with E-state index in [0.29, 0.717) is 19.3 Å². The van der Waals surface area contributed by atoms with Crippen LogP contribution in [0.1, 0.15) is 25.0 Å². The van der Waals surface area contributed by atoms with Gasteiger partial charge in [-0.2, -0.15) is 0 Å². The van der Waals surface area contributed by atoms with E-state index in [1.165, 1.54) is 12.8 Å². The van der Waals surface area contributed by atoms with Crippen molar-refractivity contribution < 1.29 is 14.3 Å². The Labute approximate surface area is 108 Å². The van der Waals surface area contributed by atoms with E-state index in [2.05, 4.69) is 4.90 Å². The van der Waals surface area contributed by atoms with E-state index in [1.54, 1.807) is 6.26 Å². The van der Waals surface area contributed by atoms with E-state index in [0.717, 1.165) is 25.3 Å². The second kappa shape index (κ2) is 5.43. The van der Waals surface area contributed by atoms with Gasteiger partial charge in [0.05, 0.1) is 25.5 Å². The summed E-state index contributed by atoms with van der Waals surface area (Å²) in [5, 5.41) is 10.0. The first-order chi connectivity index (χ1) is 8.83. The van der Waals surface area contributed by atoms with Crippen LogP contribution in [0.5, 0.6) is 0 Å². The van der Waals surface area contributed by atoms with Crippen molar-refractivity contribution in [2.24, 2.45) is 5.92 Å². The SMILES string of the molecule is OC1CCOCC1CN(Cc1ccco1)C1CC1. The Kier molecular flexibility index (Phi) is 3.68. The van der Waals surface area contributed by atoms with Gasteiger partial charge in [0.25, 0.3) is 0 Å². The molecule has 2 fully saturated rings. The summed E-state index contributed by atoms with van der Waals surface area (Å²) in [5.74, 6) is 1.25. The highest BCUT2D eigenvalue weighted by atomic mass is 16.5. The number of hydrogen-bond donors (Lipinski definition) is 1. The number of furan rings is 1. The fourth-order valence-electron chi connectivity index (χ4n) is 2.65. The Morgan fingerprint density at radius 2 is 2.22 bits per heavy atom. The molecule has 1 saturated heterocycles. The molecule has 1 aliphatic heterocycles. The van der Waals surface area contributed by atoms with Crippen LogP contribution in [0.4, 0.5) is 0 Å². The summed E-state index contributed by atoms with van der Waals surface area (Å²) in [6, 6.07) is 4.62. The van der Waals surface area contributed by atoms with Crippen LogP contribution < -0.4 is 0 Å². The summed E-state index contributed by atoms with van der Waals surface area (Å²) in [7, 11) is 0. The Morgan fingerprint density at radius 3 is 2.89 bits per heavy atom. The van der Waals surface area contributed by atoms with Crippen molar-refractivity contribution in [1.82, 2.24) is 4.90 Å². The first-order valence-electron chi connectivity index (χ1n) is 6.85. The lowest BCUT2D eigenvalue weighted by molar-refractivity contribution is -0.0487. The summed E-state index contributed by atoms with van der Waals surface area (Å²) >= 11 is 0. The average Bonchev–Trinajstić information content (AvgIpc) is 3.10. The number of rotatable bonds is 5. The summed E-state index contributed by atoms with van der Waals surface area (Å²) in [6.45, 7) is 3.13. The smallest absolute Gasteiger partial charge is 0.117 e. The van der Waals surface area contributed by atoms with Gasteiger partial charge in [0, 0.05) is 25.1 Å². The molecular formula is C14H21NO3. The highest BCUT2D eigenvalue weighted by molar-refractivity contribution is 5.00. The Morgan fingerprint density at radius 1 is 1.33 bits per heavy atom. The first-order valence-corrected chi connectivity index (χ1v) is 6.85. The van der Waals surface area contributed by atoms with E-state index in [1.807, 2.05) is 12.1 Å². The minimum atomic E-state index is -0.211. The zero-order chi connectivity index (χ0) is 12.4. The van der Waals surface area contributed by atoms with E-state index >= 15 is 0 Å². The molecule has 1 aliphatic carbocycles. The standard InChI is InChI=1S/C14H21NO3/c16-14-5-7-17-10-11(14)8-15(12-3-4-12)9-13-2-1-6-18-13/h1-2,6,11-12,14,16H,3-5,7-10H2. The average molecular weight is 251 g/mol. The second-order valence-electron chi connectivity index (χ2n) is 5.43. The number of ether oxygens (including phenoxy) is 1. The molecule has 1 aromatic heterocycles. The van der Waals surface area contributed by atoms with Gasteiger partial charge in [0.1, 0.15) is 5.76 Å². The monoisotopic (exact) mass is 251 g/mol. The van der Waals surface area contributed by atoms with Crippen molar-refractivity contribution in [2.75, 3.05) is 19.8 Å². The fourth-order valence-corrected chi connectivity index (χ4v) is 2.65. The Balaban J connectivity index is 1.59. The predicted octanol–water partition coefficient (Wildman–Crippen LogP) is 1.64. The van der Waals surface area contributed by atoms with Gasteiger partial charge in [-0.1, -0.05) is 0 Å². The molecule has 0 radical (unpaired) electrons. The van der Waals surface area contributed by atoms with E-state index < -0.39 is 0 Å². The van der Waals surface area contributed by atoms with Gasteiger partial charge in [-0.15, -0.1) is 0 Å². The molecule has 100 valence electrons. The first kappa shape index (κ1) is 12.2. The molecule has 2 atom stereocenters. The molecule has 0 amide bonds. The van der Waals surface area contributed by atoms with Gasteiger partial charge >= 0.3 is 0 Å². The van der Waals surface area contributed by atoms with Crippen molar-refractivity contribution in [2.45, 2.75) is 38.0 Å². The number of hydrogen-bond acceptors (Lipinski definition) is 4. The van der Waals surface area contributed by atoms with Gasteiger partial charge in [0.2, 0.25) is 0 Å². The fraction of sp³-hybridized carbons (Fsp3) is 0.714. The van der Waals surface area contributed by atoms with Gasteiger partial charge in [0.15, 0.2) is 0 Å². The van der Waals surface area contributed by atoms with Crippen LogP contribution in [0.2, 0.25) is 0 Å². The van der Waals surface area contributed by atoms with Crippen molar-refractivity contribution in [1.29, 1.82) is 0 Å². The van der Waals surface area contributed by atoms with Crippen LogP contribution >= 0.6 is 0 Å². The van der Waals surface area contributed by atoms with Gasteiger partial charge in [-0.05, 0) is 31.4 Å². The lowest BCUT2D eigenvalue weighted by Gasteiger charge is -2.32. The maximum atomic E-state index is 10.0. The third kappa shape index (κ3) is 2.94. The van der Waals surface area contributed by atoms with Gasteiger partial charge in [-0.3, -0.25) is 4.90 Å². The second-order valence-corrected chi connectivity index (χ2v) is 5.43. The maximum Gasteiger partial charge on any atom is 0.117 e. The van der Waals surface area contributed by atoms with Crippen LogP contribution in [0.3, 0.4) is 0 Å². The summed E-state index contributed by atoms with van der Waals surface area (Å²) in [4.78, 5) is 2.43.